The largest absolute Gasteiger partial charge is 0.481 e. The van der Waals surface area contributed by atoms with Crippen molar-refractivity contribution in [2.75, 3.05) is 12.0 Å². The zero-order chi connectivity index (χ0) is 25.5. The van der Waals surface area contributed by atoms with Crippen molar-refractivity contribution in [3.8, 4) is 5.75 Å². The molecular formula is C20H24F4N4O5S. The molecule has 1 saturated carbocycles. The Morgan fingerprint density at radius 1 is 1.35 bits per heavy atom. The predicted octanol–water partition coefficient (Wildman–Crippen LogP) is 3.14. The number of ether oxygens (including phenoxy) is 1. The van der Waals surface area contributed by atoms with Crippen LogP contribution in [-0.2, 0) is 21.0 Å². The standard InChI is InChI=1S/C20H24F4N4O5S/c1-11(20(22,23)24)32-15-8-14(25-9-13(15)19(21)6-5-7-19)16(29)27-18(3,10-34(4,30)31)17-26-12(2)33-28-17/h8-9,11H,5-7,10H2,1-4H3,(H,27,29)/t11-,18?/m0/s1. The summed E-state index contributed by atoms with van der Waals surface area (Å²) in [4.78, 5) is 20.9. The van der Waals surface area contributed by atoms with Crippen molar-refractivity contribution < 1.29 is 40.0 Å². The van der Waals surface area contributed by atoms with Crippen LogP contribution in [0, 0.1) is 6.92 Å². The first-order valence-corrected chi connectivity index (χ1v) is 12.3. The number of nitrogens with zero attached hydrogens (tertiary/aromatic N) is 3. The van der Waals surface area contributed by atoms with Gasteiger partial charge < -0.3 is 14.6 Å². The maximum absolute atomic E-state index is 15.1. The SMILES string of the molecule is Cc1nc(C(C)(CS(C)(=O)=O)NC(=O)c2cc(O[C@@H](C)C(F)(F)F)c(C3(F)CCC3)cn2)no1. The number of aryl methyl sites for hydroxylation is 1. The highest BCUT2D eigenvalue weighted by molar-refractivity contribution is 7.90. The van der Waals surface area contributed by atoms with Crippen LogP contribution in [0.1, 0.15) is 60.9 Å². The average Bonchev–Trinajstić information content (AvgIpc) is 3.11. The Morgan fingerprint density at radius 2 is 2.00 bits per heavy atom. The van der Waals surface area contributed by atoms with Gasteiger partial charge in [-0.05, 0) is 33.1 Å². The molecule has 0 spiro atoms. The summed E-state index contributed by atoms with van der Waals surface area (Å²) in [5.41, 5.74) is -4.15. The van der Waals surface area contributed by atoms with Gasteiger partial charge in [0.05, 0.1) is 5.75 Å². The Hall–Kier alpha value is -2.77. The normalized spacial score (nSPS) is 18.5. The third-order valence-corrected chi connectivity index (χ3v) is 6.56. The minimum atomic E-state index is -4.73. The molecule has 9 nitrogen and oxygen atoms in total. The molecule has 2 aromatic heterocycles. The Kier molecular flexibility index (Phi) is 6.68. The Bertz CT molecular complexity index is 1180. The highest BCUT2D eigenvalue weighted by Crippen LogP contribution is 2.48. The summed E-state index contributed by atoms with van der Waals surface area (Å²) in [5.74, 6) is -2.03. The first-order chi connectivity index (χ1) is 15.5. The van der Waals surface area contributed by atoms with Crippen LogP contribution in [0.3, 0.4) is 0 Å². The monoisotopic (exact) mass is 508 g/mol. The van der Waals surface area contributed by atoms with Crippen molar-refractivity contribution in [3.05, 3.63) is 35.2 Å². The molecular weight excluding hydrogens is 484 g/mol. The van der Waals surface area contributed by atoms with E-state index in [1.54, 1.807) is 0 Å². The molecule has 34 heavy (non-hydrogen) atoms. The van der Waals surface area contributed by atoms with Gasteiger partial charge in [0.2, 0.25) is 5.89 Å². The summed E-state index contributed by atoms with van der Waals surface area (Å²) < 4.78 is 88.2. The fraction of sp³-hybridized carbons (Fsp3) is 0.600. The lowest BCUT2D eigenvalue weighted by molar-refractivity contribution is -0.189. The van der Waals surface area contributed by atoms with E-state index in [0.717, 1.165) is 25.4 Å². The van der Waals surface area contributed by atoms with Crippen LogP contribution in [0.15, 0.2) is 16.8 Å². The van der Waals surface area contributed by atoms with E-state index in [1.807, 2.05) is 0 Å². The number of amides is 1. The Morgan fingerprint density at radius 3 is 2.47 bits per heavy atom. The molecule has 1 unspecified atom stereocenters. The van der Waals surface area contributed by atoms with Crippen molar-refractivity contribution in [3.63, 3.8) is 0 Å². The van der Waals surface area contributed by atoms with E-state index < -0.39 is 56.4 Å². The number of hydrogen-bond acceptors (Lipinski definition) is 8. The molecule has 2 heterocycles. The van der Waals surface area contributed by atoms with Gasteiger partial charge in [0.25, 0.3) is 5.91 Å². The number of halogens is 4. The summed E-state index contributed by atoms with van der Waals surface area (Å²) in [5, 5.41) is 6.14. The predicted molar refractivity (Wildman–Crippen MR) is 111 cm³/mol. The van der Waals surface area contributed by atoms with Crippen LogP contribution < -0.4 is 10.1 Å². The van der Waals surface area contributed by atoms with E-state index in [1.165, 1.54) is 13.8 Å². The van der Waals surface area contributed by atoms with Crippen molar-refractivity contribution in [2.24, 2.45) is 0 Å². The zero-order valence-electron chi connectivity index (χ0n) is 18.9. The minimum Gasteiger partial charge on any atom is -0.481 e. The lowest BCUT2D eigenvalue weighted by atomic mass is 9.77. The molecule has 2 aromatic rings. The topological polar surface area (TPSA) is 124 Å². The van der Waals surface area contributed by atoms with Crippen LogP contribution >= 0.6 is 0 Å². The third kappa shape index (κ3) is 5.65. The number of pyridine rings is 1. The summed E-state index contributed by atoms with van der Waals surface area (Å²) in [6.45, 7) is 3.58. The van der Waals surface area contributed by atoms with Crippen molar-refractivity contribution in [1.29, 1.82) is 0 Å². The van der Waals surface area contributed by atoms with Gasteiger partial charge in [-0.2, -0.15) is 18.2 Å². The average molecular weight is 508 g/mol. The van der Waals surface area contributed by atoms with E-state index in [-0.39, 0.29) is 30.1 Å². The first-order valence-electron chi connectivity index (χ1n) is 10.3. The maximum Gasteiger partial charge on any atom is 0.425 e. The molecule has 1 fully saturated rings. The van der Waals surface area contributed by atoms with Gasteiger partial charge in [-0.25, -0.2) is 12.8 Å². The van der Waals surface area contributed by atoms with Gasteiger partial charge in [0.1, 0.15) is 32.5 Å². The van der Waals surface area contributed by atoms with Gasteiger partial charge in [0.15, 0.2) is 11.9 Å². The van der Waals surface area contributed by atoms with E-state index in [2.05, 4.69) is 20.4 Å². The summed E-state index contributed by atoms with van der Waals surface area (Å²) in [6, 6.07) is 0.912. The number of alkyl halides is 4. The van der Waals surface area contributed by atoms with Crippen LogP contribution in [0.25, 0.3) is 0 Å². The van der Waals surface area contributed by atoms with Crippen molar-refractivity contribution in [2.45, 2.75) is 63.5 Å². The molecule has 1 aliphatic carbocycles. The second-order valence-corrected chi connectivity index (χ2v) is 10.8. The Labute approximate surface area is 193 Å². The summed E-state index contributed by atoms with van der Waals surface area (Å²) >= 11 is 0. The van der Waals surface area contributed by atoms with Crippen LogP contribution in [0.2, 0.25) is 0 Å². The first kappa shape index (κ1) is 25.8. The quantitative estimate of drug-likeness (QED) is 0.540. The molecule has 0 aliphatic heterocycles. The molecule has 1 N–H and O–H groups in total. The second-order valence-electron chi connectivity index (χ2n) is 8.68. The minimum absolute atomic E-state index is 0.0839. The number of carbonyl (C=O) groups excluding carboxylic acids is 1. The molecule has 188 valence electrons. The van der Waals surface area contributed by atoms with E-state index in [4.69, 9.17) is 9.26 Å². The number of hydrogen-bond donors (Lipinski definition) is 1. The maximum atomic E-state index is 15.1. The molecule has 0 radical (unpaired) electrons. The number of carbonyl (C=O) groups is 1. The van der Waals surface area contributed by atoms with E-state index in [9.17, 15) is 26.4 Å². The molecule has 3 rings (SSSR count). The molecule has 1 amide bonds. The zero-order valence-corrected chi connectivity index (χ0v) is 19.7. The number of sulfone groups is 1. The second kappa shape index (κ2) is 8.78. The molecule has 0 saturated heterocycles. The van der Waals surface area contributed by atoms with Crippen LogP contribution in [0.4, 0.5) is 17.6 Å². The fourth-order valence-electron chi connectivity index (χ4n) is 3.53. The number of aromatic nitrogens is 3. The van der Waals surface area contributed by atoms with E-state index in [0.29, 0.717) is 6.42 Å². The highest BCUT2D eigenvalue weighted by atomic mass is 32.2. The molecule has 1 aliphatic rings. The summed E-state index contributed by atoms with van der Waals surface area (Å²) in [6.07, 6.45) is -4.37. The van der Waals surface area contributed by atoms with Gasteiger partial charge in [-0.3, -0.25) is 9.78 Å². The summed E-state index contributed by atoms with van der Waals surface area (Å²) in [7, 11) is -3.67. The van der Waals surface area contributed by atoms with Crippen LogP contribution in [-0.4, -0.2) is 53.7 Å². The fourth-order valence-corrected chi connectivity index (χ4v) is 4.78. The highest BCUT2D eigenvalue weighted by Gasteiger charge is 2.44. The van der Waals surface area contributed by atoms with E-state index >= 15 is 4.39 Å². The number of rotatable bonds is 8. The molecule has 14 heteroatoms. The van der Waals surface area contributed by atoms with Gasteiger partial charge >= 0.3 is 6.18 Å². The Balaban J connectivity index is 1.97. The molecule has 0 bridgehead atoms. The lowest BCUT2D eigenvalue weighted by Gasteiger charge is -2.35. The van der Waals surface area contributed by atoms with Gasteiger partial charge in [0, 0.05) is 31.0 Å². The number of nitrogens with one attached hydrogen (secondary N) is 1. The lowest BCUT2D eigenvalue weighted by Crippen LogP contribution is -2.49. The third-order valence-electron chi connectivity index (χ3n) is 5.45. The van der Waals surface area contributed by atoms with Gasteiger partial charge in [-0.1, -0.05) is 5.16 Å². The van der Waals surface area contributed by atoms with Gasteiger partial charge in [-0.15, -0.1) is 0 Å². The molecule has 0 aromatic carbocycles. The van der Waals surface area contributed by atoms with Crippen molar-refractivity contribution >= 4 is 15.7 Å². The smallest absolute Gasteiger partial charge is 0.425 e. The van der Waals surface area contributed by atoms with Crippen LogP contribution in [0.5, 0.6) is 5.75 Å². The van der Waals surface area contributed by atoms with Crippen molar-refractivity contribution in [1.82, 2.24) is 20.4 Å². The molecule has 2 atom stereocenters.